The average molecular weight is 472 g/mol. The topological polar surface area (TPSA) is 64.4 Å². The van der Waals surface area contributed by atoms with Crippen molar-refractivity contribution in [2.24, 2.45) is 0 Å². The molecule has 0 spiro atoms. The number of carbonyl (C=O) groups excluding carboxylic acids is 1. The fourth-order valence-electron chi connectivity index (χ4n) is 4.22. The van der Waals surface area contributed by atoms with E-state index in [-0.39, 0.29) is 23.3 Å². The summed E-state index contributed by atoms with van der Waals surface area (Å²) in [5.41, 5.74) is 0.868. The lowest BCUT2D eigenvalue weighted by Gasteiger charge is -2.35. The number of fused-ring (bicyclic) bond motifs is 1. The maximum absolute atomic E-state index is 13.5. The van der Waals surface area contributed by atoms with Gasteiger partial charge in [-0.05, 0) is 56.0 Å². The number of ether oxygens (including phenoxy) is 1. The number of thioether (sulfide) groups is 1. The highest BCUT2D eigenvalue weighted by molar-refractivity contribution is 7.99. The van der Waals surface area contributed by atoms with E-state index >= 15 is 0 Å². The number of benzene rings is 2. The summed E-state index contributed by atoms with van der Waals surface area (Å²) in [6.45, 7) is 2.91. The second-order valence-electron chi connectivity index (χ2n) is 7.80. The number of para-hydroxylation sites is 2. The van der Waals surface area contributed by atoms with Gasteiger partial charge in [-0.1, -0.05) is 42.4 Å². The highest BCUT2D eigenvalue weighted by atomic mass is 35.5. The molecule has 6 nitrogen and oxygen atoms in total. The van der Waals surface area contributed by atoms with Crippen molar-refractivity contribution < 1.29 is 9.53 Å². The smallest absolute Gasteiger partial charge is 0.266 e. The van der Waals surface area contributed by atoms with Crippen LogP contribution in [-0.4, -0.2) is 45.8 Å². The molecule has 168 valence electrons. The van der Waals surface area contributed by atoms with Gasteiger partial charge in [0.1, 0.15) is 5.75 Å². The molecule has 0 radical (unpaired) electrons. The largest absolute Gasteiger partial charge is 0.495 e. The molecule has 2 aromatic carbocycles. The molecule has 0 aliphatic carbocycles. The van der Waals surface area contributed by atoms with Crippen molar-refractivity contribution in [3.63, 3.8) is 0 Å². The van der Waals surface area contributed by atoms with Crippen LogP contribution in [0.1, 0.15) is 32.6 Å². The maximum atomic E-state index is 13.5. The number of likely N-dealkylation sites (tertiary alicyclic amines) is 1. The molecule has 2 heterocycles. The fraction of sp³-hybridized carbons (Fsp3) is 0.375. The van der Waals surface area contributed by atoms with E-state index in [1.807, 2.05) is 23.1 Å². The highest BCUT2D eigenvalue weighted by Gasteiger charge is 2.26. The number of aromatic nitrogens is 2. The first-order valence-corrected chi connectivity index (χ1v) is 12.2. The fourth-order valence-corrected chi connectivity index (χ4v) is 5.28. The van der Waals surface area contributed by atoms with E-state index in [9.17, 15) is 9.59 Å². The second-order valence-corrected chi connectivity index (χ2v) is 9.18. The Morgan fingerprint density at radius 3 is 2.84 bits per heavy atom. The van der Waals surface area contributed by atoms with Crippen LogP contribution in [0.15, 0.2) is 52.4 Å². The van der Waals surface area contributed by atoms with Crippen molar-refractivity contribution in [3.8, 4) is 11.4 Å². The molecule has 32 heavy (non-hydrogen) atoms. The molecular formula is C24H26ClN3O3S. The Labute approximate surface area is 196 Å². The number of carbonyl (C=O) groups is 1. The Morgan fingerprint density at radius 1 is 1.25 bits per heavy atom. The standard InChI is InChI=1S/C24H26ClN3O3S/c1-3-17-8-6-7-13-27(17)22(29)15-32-24-26-19-14-16(25)11-12-18(19)23(30)28(24)20-9-4-5-10-21(20)31-2/h4-5,9-12,14,17H,3,6-8,13,15H2,1-2H3. The van der Waals surface area contributed by atoms with E-state index in [2.05, 4.69) is 6.92 Å². The third-order valence-electron chi connectivity index (χ3n) is 5.87. The molecule has 1 aliphatic rings. The van der Waals surface area contributed by atoms with Gasteiger partial charge >= 0.3 is 0 Å². The lowest BCUT2D eigenvalue weighted by Crippen LogP contribution is -2.44. The van der Waals surface area contributed by atoms with Gasteiger partial charge in [-0.15, -0.1) is 0 Å². The van der Waals surface area contributed by atoms with Crippen LogP contribution in [0.3, 0.4) is 0 Å². The molecule has 1 aromatic heterocycles. The Morgan fingerprint density at radius 2 is 2.06 bits per heavy atom. The minimum atomic E-state index is -0.226. The van der Waals surface area contributed by atoms with E-state index in [1.54, 1.807) is 31.4 Å². The van der Waals surface area contributed by atoms with Gasteiger partial charge in [0.05, 0.1) is 29.5 Å². The average Bonchev–Trinajstić information content (AvgIpc) is 2.82. The minimum Gasteiger partial charge on any atom is -0.495 e. The summed E-state index contributed by atoms with van der Waals surface area (Å²) >= 11 is 7.42. The Bertz CT molecular complexity index is 1200. The van der Waals surface area contributed by atoms with Gasteiger partial charge in [0.25, 0.3) is 5.56 Å². The van der Waals surface area contributed by atoms with Gasteiger partial charge in [0.15, 0.2) is 5.16 Å². The van der Waals surface area contributed by atoms with Crippen LogP contribution in [0.25, 0.3) is 16.6 Å². The first-order chi connectivity index (χ1) is 15.5. The summed E-state index contributed by atoms with van der Waals surface area (Å²) in [4.78, 5) is 33.3. The van der Waals surface area contributed by atoms with Crippen LogP contribution in [0.5, 0.6) is 5.75 Å². The van der Waals surface area contributed by atoms with Crippen LogP contribution >= 0.6 is 23.4 Å². The molecule has 0 N–H and O–H groups in total. The third kappa shape index (κ3) is 4.50. The van der Waals surface area contributed by atoms with Gasteiger partial charge in [-0.2, -0.15) is 0 Å². The predicted octanol–water partition coefficient (Wildman–Crippen LogP) is 4.93. The van der Waals surface area contributed by atoms with Crippen LogP contribution in [-0.2, 0) is 4.79 Å². The second kappa shape index (κ2) is 9.96. The van der Waals surface area contributed by atoms with Crippen LogP contribution in [0.4, 0.5) is 0 Å². The van der Waals surface area contributed by atoms with Crippen molar-refractivity contribution >= 4 is 40.2 Å². The highest BCUT2D eigenvalue weighted by Crippen LogP contribution is 2.29. The van der Waals surface area contributed by atoms with E-state index in [0.29, 0.717) is 32.5 Å². The van der Waals surface area contributed by atoms with E-state index in [4.69, 9.17) is 21.3 Å². The van der Waals surface area contributed by atoms with Crippen molar-refractivity contribution in [2.75, 3.05) is 19.4 Å². The Kier molecular flexibility index (Phi) is 7.06. The van der Waals surface area contributed by atoms with Gasteiger partial charge in [-0.3, -0.25) is 14.2 Å². The number of halogens is 1. The molecule has 0 saturated carbocycles. The third-order valence-corrected chi connectivity index (χ3v) is 7.03. The van der Waals surface area contributed by atoms with Crippen molar-refractivity contribution in [1.29, 1.82) is 0 Å². The number of nitrogens with zero attached hydrogens (tertiary/aromatic N) is 3. The Balaban J connectivity index is 1.75. The Hall–Kier alpha value is -2.51. The van der Waals surface area contributed by atoms with Crippen LogP contribution < -0.4 is 10.3 Å². The first-order valence-electron chi connectivity index (χ1n) is 10.8. The number of piperidine rings is 1. The van der Waals surface area contributed by atoms with Crippen LogP contribution in [0.2, 0.25) is 5.02 Å². The van der Waals surface area contributed by atoms with Crippen molar-refractivity contribution in [2.45, 2.75) is 43.8 Å². The van der Waals surface area contributed by atoms with Crippen molar-refractivity contribution in [1.82, 2.24) is 14.5 Å². The number of methoxy groups -OCH3 is 1. The molecule has 8 heteroatoms. The summed E-state index contributed by atoms with van der Waals surface area (Å²) < 4.78 is 7.03. The molecule has 1 saturated heterocycles. The summed E-state index contributed by atoms with van der Waals surface area (Å²) in [5.74, 6) is 0.845. The van der Waals surface area contributed by atoms with E-state index in [0.717, 1.165) is 32.2 Å². The molecule has 1 unspecified atom stereocenters. The van der Waals surface area contributed by atoms with Crippen LogP contribution in [0, 0.1) is 0 Å². The number of hydrogen-bond acceptors (Lipinski definition) is 5. The van der Waals surface area contributed by atoms with Gasteiger partial charge in [0.2, 0.25) is 5.91 Å². The molecule has 0 bridgehead atoms. The normalized spacial score (nSPS) is 16.3. The van der Waals surface area contributed by atoms with Gasteiger partial charge in [-0.25, -0.2) is 4.98 Å². The zero-order chi connectivity index (χ0) is 22.7. The molecule has 1 amide bonds. The lowest BCUT2D eigenvalue weighted by atomic mass is 10.0. The number of hydrogen-bond donors (Lipinski definition) is 0. The van der Waals surface area contributed by atoms with E-state index in [1.165, 1.54) is 16.3 Å². The summed E-state index contributed by atoms with van der Waals surface area (Å²) in [6, 6.07) is 12.6. The molecular weight excluding hydrogens is 446 g/mol. The number of rotatable bonds is 6. The van der Waals surface area contributed by atoms with E-state index < -0.39 is 0 Å². The lowest BCUT2D eigenvalue weighted by molar-refractivity contribution is -0.132. The number of amides is 1. The SMILES string of the molecule is CCC1CCCCN1C(=O)CSc1nc2cc(Cl)ccc2c(=O)n1-c1ccccc1OC. The summed E-state index contributed by atoms with van der Waals surface area (Å²) in [6.07, 6.45) is 4.20. The monoisotopic (exact) mass is 471 g/mol. The van der Waals surface area contributed by atoms with Crippen molar-refractivity contribution in [3.05, 3.63) is 57.8 Å². The maximum Gasteiger partial charge on any atom is 0.266 e. The zero-order valence-corrected chi connectivity index (χ0v) is 19.8. The molecule has 1 fully saturated rings. The summed E-state index contributed by atoms with van der Waals surface area (Å²) in [5, 5.41) is 1.40. The van der Waals surface area contributed by atoms with Gasteiger partial charge < -0.3 is 9.64 Å². The molecule has 4 rings (SSSR count). The van der Waals surface area contributed by atoms with Gasteiger partial charge in [0, 0.05) is 17.6 Å². The predicted molar refractivity (Wildman–Crippen MR) is 129 cm³/mol. The molecule has 1 atom stereocenters. The first kappa shape index (κ1) is 22.7. The molecule has 3 aromatic rings. The zero-order valence-electron chi connectivity index (χ0n) is 18.2. The quantitative estimate of drug-likeness (QED) is 0.376. The molecule has 1 aliphatic heterocycles. The summed E-state index contributed by atoms with van der Waals surface area (Å²) in [7, 11) is 1.57. The minimum absolute atomic E-state index is 0.0774.